The summed E-state index contributed by atoms with van der Waals surface area (Å²) in [6.45, 7) is -0.300. The lowest BCUT2D eigenvalue weighted by Crippen LogP contribution is -2.31. The first kappa shape index (κ1) is 21.5. The number of para-hydroxylation sites is 2. The highest BCUT2D eigenvalue weighted by Gasteiger charge is 2.22. The summed E-state index contributed by atoms with van der Waals surface area (Å²) in [5, 5.41) is 13.2. The molecule has 0 bridgehead atoms. The summed E-state index contributed by atoms with van der Waals surface area (Å²) in [5.41, 5.74) is 1.35. The molecule has 4 aromatic rings. The minimum absolute atomic E-state index is 0.0170. The maximum Gasteiger partial charge on any atom is 0.264 e. The minimum Gasteiger partial charge on any atom is -0.394 e. The molecule has 0 aliphatic carbocycles. The van der Waals surface area contributed by atoms with E-state index in [9.17, 15) is 18.3 Å². The third kappa shape index (κ3) is 4.46. The van der Waals surface area contributed by atoms with Crippen molar-refractivity contribution in [2.24, 2.45) is 0 Å². The molecule has 1 amide bonds. The molecule has 162 valence electrons. The molecule has 0 spiro atoms. The maximum atomic E-state index is 13.2. The molecule has 3 N–H and O–H groups in total. The number of nitrogens with zero attached hydrogens (tertiary/aromatic N) is 1. The molecule has 0 saturated heterocycles. The van der Waals surface area contributed by atoms with Crippen molar-refractivity contribution in [3.8, 4) is 0 Å². The zero-order chi connectivity index (χ0) is 22.6. The van der Waals surface area contributed by atoms with Gasteiger partial charge < -0.3 is 10.4 Å². The van der Waals surface area contributed by atoms with Crippen molar-refractivity contribution in [3.05, 3.63) is 102 Å². The Morgan fingerprint density at radius 1 is 0.906 bits per heavy atom. The van der Waals surface area contributed by atoms with Crippen LogP contribution >= 0.6 is 0 Å². The maximum absolute atomic E-state index is 13.2. The fraction of sp³-hybridized carbons (Fsp3) is 0.0833. The number of benzene rings is 3. The van der Waals surface area contributed by atoms with E-state index in [0.29, 0.717) is 10.9 Å². The molecule has 8 heteroatoms. The van der Waals surface area contributed by atoms with Gasteiger partial charge in [-0.05, 0) is 29.8 Å². The molecule has 0 fully saturated rings. The van der Waals surface area contributed by atoms with Crippen LogP contribution in [-0.4, -0.2) is 31.0 Å². The van der Waals surface area contributed by atoms with Crippen LogP contribution in [0.1, 0.15) is 22.0 Å². The summed E-state index contributed by atoms with van der Waals surface area (Å²) < 4.78 is 28.9. The van der Waals surface area contributed by atoms with Gasteiger partial charge in [-0.3, -0.25) is 14.5 Å². The van der Waals surface area contributed by atoms with E-state index in [1.807, 2.05) is 18.2 Å². The number of nitrogens with one attached hydrogen (secondary N) is 2. The number of sulfonamides is 1. The molecule has 1 heterocycles. The van der Waals surface area contributed by atoms with Gasteiger partial charge in [-0.2, -0.15) is 0 Å². The predicted octanol–water partition coefficient (Wildman–Crippen LogP) is 3.50. The number of hydrogen-bond acceptors (Lipinski definition) is 5. The molecule has 7 nitrogen and oxygen atoms in total. The second-order valence-corrected chi connectivity index (χ2v) is 8.75. The van der Waals surface area contributed by atoms with Crippen LogP contribution in [0.25, 0.3) is 10.9 Å². The highest BCUT2D eigenvalue weighted by Crippen LogP contribution is 2.25. The number of carbonyl (C=O) groups excluding carboxylic acids is 1. The van der Waals surface area contributed by atoms with Crippen LogP contribution in [0, 0.1) is 0 Å². The fourth-order valence-corrected chi connectivity index (χ4v) is 4.68. The van der Waals surface area contributed by atoms with Crippen molar-refractivity contribution in [3.63, 3.8) is 0 Å². The topological polar surface area (TPSA) is 108 Å². The Labute approximate surface area is 185 Å². The molecule has 0 unspecified atom stereocenters. The number of aliphatic hydroxyl groups is 1. The van der Waals surface area contributed by atoms with Gasteiger partial charge in [0.15, 0.2) is 0 Å². The summed E-state index contributed by atoms with van der Waals surface area (Å²) in [6, 6.07) is 23.1. The van der Waals surface area contributed by atoms with Gasteiger partial charge in [-0.25, -0.2) is 8.42 Å². The lowest BCUT2D eigenvalue weighted by molar-refractivity contribution is 0.0917. The fourth-order valence-electron chi connectivity index (χ4n) is 3.42. The number of pyridine rings is 1. The Bertz CT molecular complexity index is 1350. The van der Waals surface area contributed by atoms with E-state index in [1.54, 1.807) is 48.5 Å². The molecule has 3 aromatic carbocycles. The van der Waals surface area contributed by atoms with Gasteiger partial charge in [0.25, 0.3) is 15.9 Å². The lowest BCUT2D eigenvalue weighted by atomic mass is 10.1. The molecular weight excluding hydrogens is 426 g/mol. The van der Waals surface area contributed by atoms with Crippen molar-refractivity contribution < 1.29 is 18.3 Å². The summed E-state index contributed by atoms with van der Waals surface area (Å²) in [6.07, 6.45) is 1.53. The Morgan fingerprint density at radius 2 is 1.62 bits per heavy atom. The van der Waals surface area contributed by atoms with Crippen molar-refractivity contribution in [2.45, 2.75) is 10.9 Å². The van der Waals surface area contributed by atoms with Crippen molar-refractivity contribution in [2.75, 3.05) is 11.3 Å². The van der Waals surface area contributed by atoms with Crippen molar-refractivity contribution in [1.29, 1.82) is 0 Å². The van der Waals surface area contributed by atoms with Crippen LogP contribution in [0.3, 0.4) is 0 Å². The quantitative estimate of drug-likeness (QED) is 0.402. The van der Waals surface area contributed by atoms with Crippen LogP contribution in [0.5, 0.6) is 0 Å². The SMILES string of the molecule is O=C(N[C@@H](CO)c1ccccc1)c1ccccc1NS(=O)(=O)c1cccc2cccnc12. The molecule has 1 aromatic heterocycles. The van der Waals surface area contributed by atoms with Gasteiger partial charge in [0.05, 0.1) is 29.4 Å². The summed E-state index contributed by atoms with van der Waals surface area (Å²) in [5.74, 6) is -0.512. The zero-order valence-corrected chi connectivity index (χ0v) is 17.8. The number of aromatic nitrogens is 1. The molecule has 0 aliphatic rings. The molecule has 0 radical (unpaired) electrons. The molecular formula is C24H21N3O4S. The van der Waals surface area contributed by atoms with Gasteiger partial charge in [-0.15, -0.1) is 0 Å². The molecule has 1 atom stereocenters. The molecule has 4 rings (SSSR count). The Balaban J connectivity index is 1.64. The van der Waals surface area contributed by atoms with Crippen molar-refractivity contribution >= 4 is 32.5 Å². The number of amides is 1. The number of aliphatic hydroxyl groups excluding tert-OH is 1. The Hall–Kier alpha value is -3.75. The average molecular weight is 448 g/mol. The lowest BCUT2D eigenvalue weighted by Gasteiger charge is -2.18. The standard InChI is InChI=1S/C24H21N3O4S/c28-16-21(17-8-2-1-3-9-17)26-24(29)19-12-4-5-13-20(19)27-32(30,31)22-14-6-10-18-11-7-15-25-23(18)22/h1-15,21,27-28H,16H2,(H,26,29)/t21-/m0/s1. The van der Waals surface area contributed by atoms with Gasteiger partial charge in [0, 0.05) is 11.6 Å². The third-order valence-electron chi connectivity index (χ3n) is 4.99. The van der Waals surface area contributed by atoms with E-state index in [-0.39, 0.29) is 22.8 Å². The van der Waals surface area contributed by atoms with E-state index in [0.717, 1.165) is 5.56 Å². The van der Waals surface area contributed by atoms with Crippen LogP contribution < -0.4 is 10.0 Å². The summed E-state index contributed by atoms with van der Waals surface area (Å²) in [7, 11) is -4.02. The predicted molar refractivity (Wildman–Crippen MR) is 123 cm³/mol. The second-order valence-electron chi connectivity index (χ2n) is 7.10. The summed E-state index contributed by atoms with van der Waals surface area (Å²) >= 11 is 0. The number of hydrogen-bond donors (Lipinski definition) is 3. The first-order valence-electron chi connectivity index (χ1n) is 9.92. The first-order chi connectivity index (χ1) is 15.5. The average Bonchev–Trinajstić information content (AvgIpc) is 2.82. The van der Waals surface area contributed by atoms with Gasteiger partial charge in [0.1, 0.15) is 4.90 Å². The highest BCUT2D eigenvalue weighted by molar-refractivity contribution is 7.93. The van der Waals surface area contributed by atoms with Gasteiger partial charge in [-0.1, -0.05) is 60.7 Å². The number of rotatable bonds is 7. The molecule has 32 heavy (non-hydrogen) atoms. The molecule has 0 saturated carbocycles. The largest absolute Gasteiger partial charge is 0.394 e. The van der Waals surface area contributed by atoms with Crippen LogP contribution in [0.15, 0.2) is 96.0 Å². The van der Waals surface area contributed by atoms with E-state index in [4.69, 9.17) is 0 Å². The highest BCUT2D eigenvalue weighted by atomic mass is 32.2. The zero-order valence-electron chi connectivity index (χ0n) is 17.0. The normalized spacial score (nSPS) is 12.3. The van der Waals surface area contributed by atoms with Crippen LogP contribution in [0.4, 0.5) is 5.69 Å². The van der Waals surface area contributed by atoms with Gasteiger partial charge >= 0.3 is 0 Å². The van der Waals surface area contributed by atoms with E-state index < -0.39 is 22.0 Å². The minimum atomic E-state index is -4.02. The summed E-state index contributed by atoms with van der Waals surface area (Å²) in [4.78, 5) is 17.2. The second kappa shape index (κ2) is 9.17. The number of anilines is 1. The first-order valence-corrected chi connectivity index (χ1v) is 11.4. The Kier molecular flexibility index (Phi) is 6.16. The van der Waals surface area contributed by atoms with E-state index in [2.05, 4.69) is 15.0 Å². The van der Waals surface area contributed by atoms with E-state index in [1.165, 1.54) is 24.4 Å². The van der Waals surface area contributed by atoms with Crippen LogP contribution in [-0.2, 0) is 10.0 Å². The number of fused-ring (bicyclic) bond motifs is 1. The third-order valence-corrected chi connectivity index (χ3v) is 6.39. The molecule has 0 aliphatic heterocycles. The van der Waals surface area contributed by atoms with Crippen LogP contribution in [0.2, 0.25) is 0 Å². The van der Waals surface area contributed by atoms with Gasteiger partial charge in [0.2, 0.25) is 0 Å². The monoisotopic (exact) mass is 447 g/mol. The Morgan fingerprint density at radius 3 is 2.41 bits per heavy atom. The van der Waals surface area contributed by atoms with E-state index >= 15 is 0 Å². The smallest absolute Gasteiger partial charge is 0.264 e. The van der Waals surface area contributed by atoms with Crippen molar-refractivity contribution in [1.82, 2.24) is 10.3 Å². The number of carbonyl (C=O) groups is 1.